The van der Waals surface area contributed by atoms with Crippen LogP contribution in [0.15, 0.2) is 48.5 Å². The Kier molecular flexibility index (Phi) is 8.41. The highest BCUT2D eigenvalue weighted by Crippen LogP contribution is 2.30. The van der Waals surface area contributed by atoms with E-state index in [2.05, 4.69) is 5.32 Å². The van der Waals surface area contributed by atoms with E-state index < -0.39 is 10.0 Å². The van der Waals surface area contributed by atoms with Crippen molar-refractivity contribution in [2.75, 3.05) is 30.3 Å². The second-order valence-corrected chi connectivity index (χ2v) is 8.80. The molecular weight excluding hydrogens is 423 g/mol. The fourth-order valence-corrected chi connectivity index (χ4v) is 3.89. The summed E-state index contributed by atoms with van der Waals surface area (Å²) in [4.78, 5) is 12.0. The minimum absolute atomic E-state index is 0.118. The van der Waals surface area contributed by atoms with Gasteiger partial charge in [0.05, 0.1) is 23.5 Å². The van der Waals surface area contributed by atoms with Crippen molar-refractivity contribution in [3.05, 3.63) is 58.6 Å². The Balaban J connectivity index is 1.80. The van der Waals surface area contributed by atoms with Crippen molar-refractivity contribution in [3.63, 3.8) is 0 Å². The van der Waals surface area contributed by atoms with E-state index in [0.29, 0.717) is 30.3 Å². The van der Waals surface area contributed by atoms with E-state index in [1.807, 2.05) is 30.3 Å². The maximum Gasteiger partial charge on any atom is 0.232 e. The second kappa shape index (κ2) is 10.5. The first-order valence-corrected chi connectivity index (χ1v) is 11.2. The Morgan fingerprint density at radius 3 is 2.54 bits per heavy atom. The summed E-state index contributed by atoms with van der Waals surface area (Å²) in [6.45, 7) is 0.833. The number of halogens is 2. The van der Waals surface area contributed by atoms with Crippen LogP contribution in [0.3, 0.4) is 0 Å². The van der Waals surface area contributed by atoms with Gasteiger partial charge in [0.15, 0.2) is 0 Å². The number of nitrogens with one attached hydrogen (secondary N) is 1. The number of anilines is 1. The van der Waals surface area contributed by atoms with Crippen molar-refractivity contribution >= 4 is 44.8 Å². The Labute approximate surface area is 175 Å². The van der Waals surface area contributed by atoms with E-state index in [-0.39, 0.29) is 23.9 Å². The third-order valence-electron chi connectivity index (χ3n) is 3.78. The number of carbonyl (C=O) groups is 1. The second-order valence-electron chi connectivity index (χ2n) is 6.05. The van der Waals surface area contributed by atoms with Gasteiger partial charge in [0.2, 0.25) is 15.9 Å². The molecule has 0 spiro atoms. The standard InChI is InChI=1S/C19H22Cl2N2O4S/c1-28(25,26)23(18-14-15(20)9-10-17(18)21)12-5-8-19(24)22-11-13-27-16-6-3-2-4-7-16/h2-4,6-7,9-10,14H,5,8,11-13H2,1H3,(H,22,24). The van der Waals surface area contributed by atoms with Crippen molar-refractivity contribution in [3.8, 4) is 5.75 Å². The maximum absolute atomic E-state index is 12.1. The number of rotatable bonds is 10. The largest absolute Gasteiger partial charge is 0.492 e. The zero-order chi connectivity index (χ0) is 20.6. The summed E-state index contributed by atoms with van der Waals surface area (Å²) in [5.41, 5.74) is 0.299. The average Bonchev–Trinajstić information content (AvgIpc) is 2.64. The van der Waals surface area contributed by atoms with Crippen LogP contribution in [0.5, 0.6) is 5.75 Å². The first-order valence-electron chi connectivity index (χ1n) is 8.64. The smallest absolute Gasteiger partial charge is 0.232 e. The first kappa shape index (κ1) is 22.3. The highest BCUT2D eigenvalue weighted by Gasteiger charge is 2.20. The molecule has 0 saturated heterocycles. The molecule has 9 heteroatoms. The number of sulfonamides is 1. The molecule has 1 amide bonds. The quantitative estimate of drug-likeness (QED) is 0.566. The lowest BCUT2D eigenvalue weighted by Gasteiger charge is -2.23. The zero-order valence-corrected chi connectivity index (χ0v) is 17.7. The van der Waals surface area contributed by atoms with Crippen molar-refractivity contribution in [1.29, 1.82) is 0 Å². The van der Waals surface area contributed by atoms with Gasteiger partial charge in [0.25, 0.3) is 0 Å². The molecule has 2 aromatic rings. The molecule has 0 bridgehead atoms. The highest BCUT2D eigenvalue weighted by atomic mass is 35.5. The number of carbonyl (C=O) groups excluding carboxylic acids is 1. The van der Waals surface area contributed by atoms with Gasteiger partial charge >= 0.3 is 0 Å². The van der Waals surface area contributed by atoms with E-state index in [4.69, 9.17) is 27.9 Å². The van der Waals surface area contributed by atoms with E-state index in [1.165, 1.54) is 12.1 Å². The van der Waals surface area contributed by atoms with Crippen LogP contribution in [-0.2, 0) is 14.8 Å². The number of para-hydroxylation sites is 1. The van der Waals surface area contributed by atoms with E-state index in [1.54, 1.807) is 6.07 Å². The molecule has 2 rings (SSSR count). The summed E-state index contributed by atoms with van der Waals surface area (Å²) >= 11 is 12.1. The molecule has 28 heavy (non-hydrogen) atoms. The van der Waals surface area contributed by atoms with Gasteiger partial charge < -0.3 is 10.1 Å². The summed E-state index contributed by atoms with van der Waals surface area (Å²) in [5.74, 6) is 0.557. The van der Waals surface area contributed by atoms with Crippen molar-refractivity contribution in [2.24, 2.45) is 0 Å². The number of hydrogen-bond acceptors (Lipinski definition) is 4. The zero-order valence-electron chi connectivity index (χ0n) is 15.4. The monoisotopic (exact) mass is 444 g/mol. The first-order chi connectivity index (χ1) is 13.3. The Morgan fingerprint density at radius 2 is 1.86 bits per heavy atom. The molecule has 0 aliphatic carbocycles. The lowest BCUT2D eigenvalue weighted by molar-refractivity contribution is -0.121. The molecule has 0 unspecified atom stereocenters. The number of nitrogens with zero attached hydrogens (tertiary/aromatic N) is 1. The third kappa shape index (κ3) is 7.22. The molecule has 0 aromatic heterocycles. The number of benzene rings is 2. The Bertz CT molecular complexity index is 892. The number of amides is 1. The van der Waals surface area contributed by atoms with Gasteiger partial charge in [-0.15, -0.1) is 0 Å². The topological polar surface area (TPSA) is 75.7 Å². The van der Waals surface area contributed by atoms with Crippen LogP contribution in [0, 0.1) is 0 Å². The molecule has 0 aliphatic heterocycles. The highest BCUT2D eigenvalue weighted by molar-refractivity contribution is 7.92. The van der Waals surface area contributed by atoms with Crippen LogP contribution in [-0.4, -0.2) is 40.3 Å². The van der Waals surface area contributed by atoms with Crippen LogP contribution in [0.1, 0.15) is 12.8 Å². The molecule has 0 atom stereocenters. The molecule has 0 aliphatic rings. The molecule has 2 aromatic carbocycles. The summed E-state index contributed by atoms with van der Waals surface area (Å²) in [7, 11) is -3.57. The van der Waals surface area contributed by atoms with Gasteiger partial charge in [-0.25, -0.2) is 8.42 Å². The third-order valence-corrected chi connectivity index (χ3v) is 5.51. The van der Waals surface area contributed by atoms with Crippen molar-refractivity contribution in [1.82, 2.24) is 5.32 Å². The van der Waals surface area contributed by atoms with Crippen LogP contribution in [0.2, 0.25) is 10.0 Å². The minimum atomic E-state index is -3.57. The van der Waals surface area contributed by atoms with E-state index in [9.17, 15) is 13.2 Å². The Hall–Kier alpha value is -1.96. The predicted molar refractivity (Wildman–Crippen MR) is 113 cm³/mol. The van der Waals surface area contributed by atoms with Crippen LogP contribution in [0.4, 0.5) is 5.69 Å². The van der Waals surface area contributed by atoms with E-state index >= 15 is 0 Å². The SMILES string of the molecule is CS(=O)(=O)N(CCCC(=O)NCCOc1ccccc1)c1cc(Cl)ccc1Cl. The summed E-state index contributed by atoms with van der Waals surface area (Å²) in [6.07, 6.45) is 1.60. The number of ether oxygens (including phenoxy) is 1. The molecule has 0 saturated carbocycles. The van der Waals surface area contributed by atoms with Crippen molar-refractivity contribution < 1.29 is 17.9 Å². The fourth-order valence-electron chi connectivity index (χ4n) is 2.49. The summed E-state index contributed by atoms with van der Waals surface area (Å²) in [6, 6.07) is 13.9. The summed E-state index contributed by atoms with van der Waals surface area (Å²) in [5, 5.41) is 3.40. The lowest BCUT2D eigenvalue weighted by atomic mass is 10.2. The predicted octanol–water partition coefficient (Wildman–Crippen LogP) is 3.73. The molecule has 0 radical (unpaired) electrons. The van der Waals surface area contributed by atoms with Crippen molar-refractivity contribution in [2.45, 2.75) is 12.8 Å². The Morgan fingerprint density at radius 1 is 1.14 bits per heavy atom. The van der Waals surface area contributed by atoms with Crippen LogP contribution >= 0.6 is 23.2 Å². The number of hydrogen-bond donors (Lipinski definition) is 1. The van der Waals surface area contributed by atoms with Gasteiger partial charge in [-0.2, -0.15) is 0 Å². The maximum atomic E-state index is 12.1. The molecule has 6 nitrogen and oxygen atoms in total. The fraction of sp³-hybridized carbons (Fsp3) is 0.316. The minimum Gasteiger partial charge on any atom is -0.492 e. The van der Waals surface area contributed by atoms with Gasteiger partial charge in [-0.05, 0) is 36.8 Å². The molecule has 152 valence electrons. The van der Waals surface area contributed by atoms with E-state index in [0.717, 1.165) is 16.3 Å². The summed E-state index contributed by atoms with van der Waals surface area (Å²) < 4.78 is 30.9. The van der Waals surface area contributed by atoms with Gasteiger partial charge in [-0.3, -0.25) is 9.10 Å². The van der Waals surface area contributed by atoms with Crippen LogP contribution in [0.25, 0.3) is 0 Å². The lowest BCUT2D eigenvalue weighted by Crippen LogP contribution is -2.33. The van der Waals surface area contributed by atoms with Gasteiger partial charge in [0.1, 0.15) is 12.4 Å². The van der Waals surface area contributed by atoms with Gasteiger partial charge in [-0.1, -0.05) is 41.4 Å². The normalized spacial score (nSPS) is 11.1. The van der Waals surface area contributed by atoms with Crippen LogP contribution < -0.4 is 14.4 Å². The molecule has 0 fully saturated rings. The molecule has 1 N–H and O–H groups in total. The average molecular weight is 445 g/mol. The molecule has 0 heterocycles. The molecular formula is C19H22Cl2N2O4S. The van der Waals surface area contributed by atoms with Gasteiger partial charge in [0, 0.05) is 18.0 Å².